The third-order valence-corrected chi connectivity index (χ3v) is 4.22. The molecule has 0 saturated carbocycles. The summed E-state index contributed by atoms with van der Waals surface area (Å²) in [4.78, 5) is 29.3. The second kappa shape index (κ2) is 7.22. The number of tetrazole rings is 1. The first-order valence-corrected chi connectivity index (χ1v) is 8.69. The Morgan fingerprint density at radius 2 is 2.10 bits per heavy atom. The highest BCUT2D eigenvalue weighted by atomic mass is 19.1. The van der Waals surface area contributed by atoms with Crippen LogP contribution in [0.1, 0.15) is 19.9 Å². The SMILES string of the molecule is CC(C)n1ncc2c(=O)n(CC(=O)Nc3cc(-n4cnnn4)ccc3F)cnc21. The van der Waals surface area contributed by atoms with Crippen molar-refractivity contribution in [2.75, 3.05) is 5.32 Å². The van der Waals surface area contributed by atoms with Crippen molar-refractivity contribution in [3.05, 3.63) is 53.2 Å². The number of fused-ring (bicyclic) bond motifs is 1. The van der Waals surface area contributed by atoms with Crippen LogP contribution < -0.4 is 10.9 Å². The smallest absolute Gasteiger partial charge is 0.264 e. The average molecular weight is 397 g/mol. The Morgan fingerprint density at radius 3 is 2.83 bits per heavy atom. The highest BCUT2D eigenvalue weighted by Gasteiger charge is 2.15. The molecule has 11 nitrogen and oxygen atoms in total. The third kappa shape index (κ3) is 3.47. The summed E-state index contributed by atoms with van der Waals surface area (Å²) in [6.45, 7) is 3.51. The number of nitrogens with one attached hydrogen (secondary N) is 1. The van der Waals surface area contributed by atoms with Crippen molar-refractivity contribution in [3.63, 3.8) is 0 Å². The topological polar surface area (TPSA) is 125 Å². The maximum Gasteiger partial charge on any atom is 0.264 e. The molecule has 0 spiro atoms. The predicted octanol–water partition coefficient (Wildman–Crippen LogP) is 0.927. The van der Waals surface area contributed by atoms with Crippen LogP contribution in [0, 0.1) is 5.82 Å². The summed E-state index contributed by atoms with van der Waals surface area (Å²) < 4.78 is 18.2. The Hall–Kier alpha value is -3.96. The first-order valence-electron chi connectivity index (χ1n) is 8.69. The first-order chi connectivity index (χ1) is 13.9. The van der Waals surface area contributed by atoms with Gasteiger partial charge in [-0.2, -0.15) is 5.10 Å². The van der Waals surface area contributed by atoms with E-state index in [-0.39, 0.29) is 18.3 Å². The van der Waals surface area contributed by atoms with E-state index in [1.807, 2.05) is 13.8 Å². The quantitative estimate of drug-likeness (QED) is 0.531. The number of halogens is 1. The van der Waals surface area contributed by atoms with E-state index in [2.05, 4.69) is 30.9 Å². The standard InChI is InChI=1S/C17H16FN9O2/c1-10(2)27-16-12(6-21-27)17(29)25(8-19-16)7-15(28)22-14-5-11(3-4-13(14)18)26-9-20-23-24-26/h3-6,8-10H,7H2,1-2H3,(H,22,28). The van der Waals surface area contributed by atoms with Crippen LogP contribution in [-0.2, 0) is 11.3 Å². The number of rotatable bonds is 5. The van der Waals surface area contributed by atoms with Gasteiger partial charge in [0.1, 0.15) is 30.4 Å². The molecule has 4 aromatic rings. The fourth-order valence-corrected chi connectivity index (χ4v) is 2.83. The number of carbonyl (C=O) groups excluding carboxylic acids is 1. The summed E-state index contributed by atoms with van der Waals surface area (Å²) in [6, 6.07) is 4.08. The molecule has 0 aliphatic heterocycles. The number of amides is 1. The molecule has 3 aromatic heterocycles. The summed E-state index contributed by atoms with van der Waals surface area (Å²) in [5, 5.41) is 17.7. The lowest BCUT2D eigenvalue weighted by Crippen LogP contribution is -2.28. The molecule has 1 amide bonds. The second-order valence-electron chi connectivity index (χ2n) is 6.56. The van der Waals surface area contributed by atoms with E-state index in [0.717, 1.165) is 4.57 Å². The Bertz CT molecular complexity index is 1240. The van der Waals surface area contributed by atoms with E-state index in [4.69, 9.17) is 0 Å². The van der Waals surface area contributed by atoms with Gasteiger partial charge in [-0.05, 0) is 42.5 Å². The van der Waals surface area contributed by atoms with Crippen LogP contribution in [0.2, 0.25) is 0 Å². The molecule has 3 heterocycles. The van der Waals surface area contributed by atoms with E-state index >= 15 is 0 Å². The molecule has 29 heavy (non-hydrogen) atoms. The van der Waals surface area contributed by atoms with Gasteiger partial charge in [0.05, 0.1) is 17.6 Å². The van der Waals surface area contributed by atoms with Gasteiger partial charge in [-0.1, -0.05) is 0 Å². The average Bonchev–Trinajstić information content (AvgIpc) is 3.36. The highest BCUT2D eigenvalue weighted by molar-refractivity contribution is 5.91. The number of anilines is 1. The number of aromatic nitrogens is 8. The zero-order valence-electron chi connectivity index (χ0n) is 15.5. The van der Waals surface area contributed by atoms with Crippen molar-refractivity contribution >= 4 is 22.6 Å². The summed E-state index contributed by atoms with van der Waals surface area (Å²) >= 11 is 0. The molecule has 1 N–H and O–H groups in total. The highest BCUT2D eigenvalue weighted by Crippen LogP contribution is 2.18. The lowest BCUT2D eigenvalue weighted by atomic mass is 10.2. The lowest BCUT2D eigenvalue weighted by Gasteiger charge is -2.10. The van der Waals surface area contributed by atoms with Gasteiger partial charge in [0, 0.05) is 6.04 Å². The molecular formula is C17H16FN9O2. The van der Waals surface area contributed by atoms with Gasteiger partial charge in [-0.25, -0.2) is 18.7 Å². The molecular weight excluding hydrogens is 381 g/mol. The summed E-state index contributed by atoms with van der Waals surface area (Å²) in [6.07, 6.45) is 4.05. The molecule has 4 rings (SSSR count). The van der Waals surface area contributed by atoms with E-state index in [1.165, 1.54) is 41.7 Å². The minimum absolute atomic E-state index is 0.0361. The van der Waals surface area contributed by atoms with Gasteiger partial charge in [-0.15, -0.1) is 5.10 Å². The van der Waals surface area contributed by atoms with Gasteiger partial charge in [0.2, 0.25) is 5.91 Å². The normalized spacial score (nSPS) is 11.3. The van der Waals surface area contributed by atoms with E-state index in [9.17, 15) is 14.0 Å². The molecule has 0 radical (unpaired) electrons. The van der Waals surface area contributed by atoms with Crippen LogP contribution in [0.5, 0.6) is 0 Å². The van der Waals surface area contributed by atoms with E-state index in [1.54, 1.807) is 4.68 Å². The molecule has 0 fully saturated rings. The van der Waals surface area contributed by atoms with Gasteiger partial charge in [0.25, 0.3) is 5.56 Å². The molecule has 1 aromatic carbocycles. The molecule has 148 valence electrons. The largest absolute Gasteiger partial charge is 0.322 e. The van der Waals surface area contributed by atoms with Crippen LogP contribution in [0.3, 0.4) is 0 Å². The second-order valence-corrected chi connectivity index (χ2v) is 6.56. The predicted molar refractivity (Wildman–Crippen MR) is 99.9 cm³/mol. The summed E-state index contributed by atoms with van der Waals surface area (Å²) in [5.41, 5.74) is 0.451. The number of hydrogen-bond acceptors (Lipinski definition) is 7. The summed E-state index contributed by atoms with van der Waals surface area (Å²) in [7, 11) is 0. The first kappa shape index (κ1) is 18.4. The zero-order chi connectivity index (χ0) is 20.5. The Labute approximate surface area is 162 Å². The molecule has 0 aliphatic rings. The van der Waals surface area contributed by atoms with Crippen LogP contribution in [0.4, 0.5) is 10.1 Å². The third-order valence-electron chi connectivity index (χ3n) is 4.22. The molecule has 0 atom stereocenters. The summed E-state index contributed by atoms with van der Waals surface area (Å²) in [5.74, 6) is -1.22. The Kier molecular flexibility index (Phi) is 4.58. The Morgan fingerprint density at radius 1 is 1.28 bits per heavy atom. The monoisotopic (exact) mass is 397 g/mol. The minimum atomic E-state index is -0.630. The molecule has 0 unspecified atom stereocenters. The van der Waals surface area contributed by atoms with Gasteiger partial charge >= 0.3 is 0 Å². The maximum absolute atomic E-state index is 14.1. The van der Waals surface area contributed by atoms with Crippen molar-refractivity contribution < 1.29 is 9.18 Å². The number of benzene rings is 1. The van der Waals surface area contributed by atoms with Crippen LogP contribution in [0.15, 0.2) is 41.8 Å². The zero-order valence-corrected chi connectivity index (χ0v) is 15.5. The van der Waals surface area contributed by atoms with Gasteiger partial charge in [-0.3, -0.25) is 14.2 Å². The number of carbonyl (C=O) groups is 1. The number of hydrogen-bond donors (Lipinski definition) is 1. The Balaban J connectivity index is 1.57. The molecule has 0 saturated heterocycles. The van der Waals surface area contributed by atoms with Crippen molar-refractivity contribution in [1.29, 1.82) is 0 Å². The minimum Gasteiger partial charge on any atom is -0.322 e. The van der Waals surface area contributed by atoms with Gasteiger partial charge in [0.15, 0.2) is 5.65 Å². The van der Waals surface area contributed by atoms with Crippen LogP contribution in [0.25, 0.3) is 16.7 Å². The van der Waals surface area contributed by atoms with Crippen molar-refractivity contribution in [1.82, 2.24) is 39.5 Å². The van der Waals surface area contributed by atoms with Gasteiger partial charge < -0.3 is 5.32 Å². The van der Waals surface area contributed by atoms with E-state index in [0.29, 0.717) is 16.7 Å². The fourth-order valence-electron chi connectivity index (χ4n) is 2.83. The fraction of sp³-hybridized carbons (Fsp3) is 0.235. The van der Waals surface area contributed by atoms with Crippen molar-refractivity contribution in [2.45, 2.75) is 26.4 Å². The van der Waals surface area contributed by atoms with E-state index < -0.39 is 17.3 Å². The van der Waals surface area contributed by atoms with Crippen molar-refractivity contribution in [2.24, 2.45) is 0 Å². The van der Waals surface area contributed by atoms with Crippen LogP contribution in [-0.4, -0.2) is 45.4 Å². The number of nitrogens with zero attached hydrogens (tertiary/aromatic N) is 8. The maximum atomic E-state index is 14.1. The lowest BCUT2D eigenvalue weighted by molar-refractivity contribution is -0.116. The van der Waals surface area contributed by atoms with Crippen molar-refractivity contribution in [3.8, 4) is 5.69 Å². The molecule has 0 aliphatic carbocycles. The molecule has 0 bridgehead atoms. The van der Waals surface area contributed by atoms with Crippen LogP contribution >= 0.6 is 0 Å². The molecule has 12 heteroatoms.